The van der Waals surface area contributed by atoms with Crippen molar-refractivity contribution in [2.75, 3.05) is 13.1 Å². The number of rotatable bonds is 4. The third kappa shape index (κ3) is 31.3. The van der Waals surface area contributed by atoms with Crippen molar-refractivity contribution in [3.8, 4) is 0 Å². The fraction of sp³-hybridized carbons (Fsp3) is 0.429. The zero-order valence-electron chi connectivity index (χ0n) is 11.1. The van der Waals surface area contributed by atoms with Crippen LogP contribution < -0.4 is 44.8 Å². The Morgan fingerprint density at radius 3 is 1.47 bits per heavy atom. The molecule has 1 amide bonds. The van der Waals surface area contributed by atoms with Crippen molar-refractivity contribution in [1.29, 1.82) is 0 Å². The molecule has 19 heavy (non-hydrogen) atoms. The summed E-state index contributed by atoms with van der Waals surface area (Å²) in [6.45, 7) is -0.0363. The Bertz CT molecular complexity index is 271. The lowest BCUT2D eigenvalue weighted by Crippen LogP contribution is -2.42. The number of aliphatic carboxylic acids is 3. The number of nitrogens with one attached hydrogen (secondary N) is 1. The Morgan fingerprint density at radius 1 is 0.895 bits per heavy atom. The lowest BCUT2D eigenvalue weighted by Gasteiger charge is -2.02. The molecule has 0 spiro atoms. The minimum Gasteiger partial charge on any atom is -0.550 e. The molecule has 0 heterocycles. The number of carboxylic acid groups (broad SMARTS) is 3. The molecule has 0 radical (unpaired) electrons. The molecular weight excluding hydrogens is 266 g/mol. The van der Waals surface area contributed by atoms with Crippen molar-refractivity contribution in [2.24, 2.45) is 5.73 Å². The Kier molecular flexibility index (Phi) is 28.6. The smallest absolute Gasteiger partial charge is 0.233 e. The second-order valence-corrected chi connectivity index (χ2v) is 2.25. The first kappa shape index (κ1) is 30.1. The molecule has 0 aromatic heterocycles. The standard InChI is InChI=1S/C5H10N2O3.C2H2O4.3H3N/c6-3-4(8)7-2-1-5(9)10;3-1(4)2(5)6;;;/h1-3,6H2,(H,7,8)(H,9,10);(H,3,4)(H,5,6);3*1H3. The first-order chi connectivity index (χ1) is 7.31. The predicted molar refractivity (Wildman–Crippen MR) is 59.7 cm³/mol. The number of carboxylic acids is 3. The lowest BCUT2D eigenvalue weighted by molar-refractivity contribution is -0.345. The number of amides is 1. The fourth-order valence-corrected chi connectivity index (χ4v) is 0.376. The molecule has 0 unspecified atom stereocenters. The van der Waals surface area contributed by atoms with E-state index in [1.54, 1.807) is 0 Å². The molecule has 0 rings (SSSR count). The van der Waals surface area contributed by atoms with Crippen LogP contribution in [-0.4, -0.2) is 36.9 Å². The summed E-state index contributed by atoms with van der Waals surface area (Å²) in [6, 6.07) is 0. The van der Waals surface area contributed by atoms with Gasteiger partial charge in [0.1, 0.15) is 0 Å². The van der Waals surface area contributed by atoms with Gasteiger partial charge in [-0.05, 0) is 0 Å². The number of hydrogen-bond donors (Lipinski definition) is 5. The summed E-state index contributed by atoms with van der Waals surface area (Å²) in [5, 5.41) is 29.9. The zero-order valence-corrected chi connectivity index (χ0v) is 11.1. The number of hydrogen-bond acceptors (Lipinski definition) is 8. The van der Waals surface area contributed by atoms with Crippen LogP contribution in [0.1, 0.15) is 6.42 Å². The Hall–Kier alpha value is -2.28. The highest BCUT2D eigenvalue weighted by Gasteiger charge is 1.93. The van der Waals surface area contributed by atoms with E-state index in [1.165, 1.54) is 0 Å². The van der Waals surface area contributed by atoms with Gasteiger partial charge in [-0.3, -0.25) is 4.79 Å². The van der Waals surface area contributed by atoms with Crippen LogP contribution in [0.4, 0.5) is 0 Å². The molecule has 0 aliphatic heterocycles. The van der Waals surface area contributed by atoms with Crippen LogP contribution in [0.5, 0.6) is 0 Å². The Labute approximate surface area is 108 Å². The van der Waals surface area contributed by atoms with E-state index in [9.17, 15) is 14.7 Å². The summed E-state index contributed by atoms with van der Waals surface area (Å²) in [4.78, 5) is 38.0. The highest BCUT2D eigenvalue weighted by atomic mass is 16.4. The maximum atomic E-state index is 10.3. The van der Waals surface area contributed by atoms with Crippen LogP contribution in [0.25, 0.3) is 0 Å². The van der Waals surface area contributed by atoms with Gasteiger partial charge < -0.3 is 59.2 Å². The molecule has 0 fully saturated rings. The lowest BCUT2D eigenvalue weighted by atomic mass is 10.4. The van der Waals surface area contributed by atoms with Crippen molar-refractivity contribution in [1.82, 2.24) is 23.8 Å². The molecule has 0 aromatic rings. The summed E-state index contributed by atoms with van der Waals surface area (Å²) in [5.41, 5.74) is 4.91. The highest BCUT2D eigenvalue weighted by molar-refractivity contribution is 6.25. The fourth-order valence-electron chi connectivity index (χ4n) is 0.376. The Morgan fingerprint density at radius 2 is 1.26 bits per heavy atom. The summed E-state index contributed by atoms with van der Waals surface area (Å²) in [5.74, 6) is -5.91. The van der Waals surface area contributed by atoms with Gasteiger partial charge in [0, 0.05) is 18.9 Å². The molecule has 0 bridgehead atoms. The minimum atomic E-state index is -2.19. The maximum absolute atomic E-state index is 10.3. The monoisotopic (exact) mass is 287 g/mol. The number of carbonyl (C=O) groups is 4. The van der Waals surface area contributed by atoms with E-state index in [4.69, 9.17) is 25.5 Å². The first-order valence-electron chi connectivity index (χ1n) is 3.90. The van der Waals surface area contributed by atoms with Crippen molar-refractivity contribution in [3.05, 3.63) is 0 Å². The van der Waals surface area contributed by atoms with Crippen molar-refractivity contribution in [2.45, 2.75) is 6.42 Å². The summed E-state index contributed by atoms with van der Waals surface area (Å²) in [7, 11) is 0. The number of quaternary nitrogens is 3. The van der Waals surface area contributed by atoms with Gasteiger partial charge in [-0.2, -0.15) is 0 Å². The molecular formula is C7H21N5O7. The van der Waals surface area contributed by atoms with E-state index < -0.39 is 17.9 Å². The summed E-state index contributed by atoms with van der Waals surface area (Å²) < 4.78 is 0. The second kappa shape index (κ2) is 18.1. The molecule has 0 saturated carbocycles. The third-order valence-corrected chi connectivity index (χ3v) is 1.00. The van der Waals surface area contributed by atoms with E-state index >= 15 is 0 Å². The van der Waals surface area contributed by atoms with E-state index in [-0.39, 0.29) is 43.9 Å². The van der Waals surface area contributed by atoms with Gasteiger partial charge in [0.15, 0.2) is 0 Å². The average Bonchev–Trinajstić information content (AvgIpc) is 2.17. The van der Waals surface area contributed by atoms with Crippen LogP contribution in [0, 0.1) is 0 Å². The number of nitrogens with two attached hydrogens (primary N) is 1. The van der Waals surface area contributed by atoms with E-state index in [2.05, 4.69) is 5.32 Å². The SMILES string of the molecule is NCC(=O)NCCC(=O)[O-].O=C([O-])C(=O)[O-].[NH4+].[NH4+].[NH4+]. The van der Waals surface area contributed by atoms with Gasteiger partial charge in [-0.15, -0.1) is 0 Å². The third-order valence-electron chi connectivity index (χ3n) is 1.00. The van der Waals surface area contributed by atoms with Crippen molar-refractivity contribution in [3.63, 3.8) is 0 Å². The summed E-state index contributed by atoms with van der Waals surface area (Å²) in [6.07, 6.45) is -0.175. The molecule has 116 valence electrons. The Balaban J connectivity index is -0.0000000646. The maximum Gasteiger partial charge on any atom is 0.233 e. The van der Waals surface area contributed by atoms with Crippen LogP contribution in [0.2, 0.25) is 0 Å². The van der Waals surface area contributed by atoms with E-state index in [0.29, 0.717) is 0 Å². The second-order valence-electron chi connectivity index (χ2n) is 2.25. The van der Waals surface area contributed by atoms with Gasteiger partial charge in [0.2, 0.25) is 5.91 Å². The van der Waals surface area contributed by atoms with Gasteiger partial charge in [-0.1, -0.05) is 0 Å². The zero-order chi connectivity index (χ0) is 13.1. The van der Waals surface area contributed by atoms with Crippen LogP contribution in [0.15, 0.2) is 0 Å². The normalized spacial score (nSPS) is 7.00. The average molecular weight is 287 g/mol. The van der Waals surface area contributed by atoms with Gasteiger partial charge in [0.25, 0.3) is 0 Å². The minimum absolute atomic E-state index is 0. The molecule has 12 nitrogen and oxygen atoms in total. The first-order valence-corrected chi connectivity index (χ1v) is 3.90. The largest absolute Gasteiger partial charge is 0.550 e. The summed E-state index contributed by atoms with van der Waals surface area (Å²) >= 11 is 0. The van der Waals surface area contributed by atoms with Crippen LogP contribution in [-0.2, 0) is 19.2 Å². The molecule has 0 atom stereocenters. The van der Waals surface area contributed by atoms with E-state index in [1.807, 2.05) is 0 Å². The number of carbonyl (C=O) groups excluding carboxylic acids is 4. The van der Waals surface area contributed by atoms with Gasteiger partial charge >= 0.3 is 0 Å². The molecule has 0 saturated heterocycles. The molecule has 12 heteroatoms. The van der Waals surface area contributed by atoms with Crippen LogP contribution in [0.3, 0.4) is 0 Å². The molecule has 0 aliphatic rings. The van der Waals surface area contributed by atoms with Crippen LogP contribution >= 0.6 is 0 Å². The van der Waals surface area contributed by atoms with Gasteiger partial charge in [0.05, 0.1) is 18.5 Å². The molecule has 15 N–H and O–H groups in total. The van der Waals surface area contributed by atoms with E-state index in [0.717, 1.165) is 0 Å². The van der Waals surface area contributed by atoms with Crippen molar-refractivity contribution < 1.29 is 34.5 Å². The highest BCUT2D eigenvalue weighted by Crippen LogP contribution is 1.70. The predicted octanol–water partition coefficient (Wildman–Crippen LogP) is -5.18. The topological polar surface area (TPSA) is 285 Å². The molecule has 0 aliphatic carbocycles. The molecule has 0 aromatic carbocycles. The van der Waals surface area contributed by atoms with Gasteiger partial charge in [-0.25, -0.2) is 0 Å². The quantitative estimate of drug-likeness (QED) is 0.310. The van der Waals surface area contributed by atoms with Crippen molar-refractivity contribution >= 4 is 23.8 Å².